The van der Waals surface area contributed by atoms with Gasteiger partial charge in [-0.2, -0.15) is 5.26 Å². The summed E-state index contributed by atoms with van der Waals surface area (Å²) in [5.74, 6) is 0.202. The molecule has 42 heavy (non-hydrogen) atoms. The van der Waals surface area contributed by atoms with Gasteiger partial charge < -0.3 is 24.5 Å². The van der Waals surface area contributed by atoms with Crippen molar-refractivity contribution in [1.29, 1.82) is 5.26 Å². The largest absolute Gasteiger partial charge is 0.473 e. The van der Waals surface area contributed by atoms with Crippen molar-refractivity contribution in [1.82, 2.24) is 14.5 Å². The van der Waals surface area contributed by atoms with E-state index in [1.807, 2.05) is 41.0 Å². The number of carbonyl (C=O) groups excluding carboxylic acids is 1. The summed E-state index contributed by atoms with van der Waals surface area (Å²) in [4.78, 5) is 21.5. The van der Waals surface area contributed by atoms with Crippen molar-refractivity contribution in [3.63, 3.8) is 0 Å². The fourth-order valence-corrected chi connectivity index (χ4v) is 4.65. The predicted octanol–water partition coefficient (Wildman–Crippen LogP) is 5.29. The number of esters is 1. The molecule has 9 nitrogen and oxygen atoms in total. The van der Waals surface area contributed by atoms with Crippen LogP contribution in [0.3, 0.4) is 0 Å². The number of nitrogens with zero attached hydrogens (tertiary/aromatic N) is 4. The van der Waals surface area contributed by atoms with Crippen LogP contribution in [0.15, 0.2) is 72.8 Å². The minimum atomic E-state index is -0.510. The van der Waals surface area contributed by atoms with Crippen molar-refractivity contribution in [2.45, 2.75) is 19.6 Å². The zero-order valence-corrected chi connectivity index (χ0v) is 23.1. The number of benzene rings is 3. The van der Waals surface area contributed by atoms with Crippen molar-refractivity contribution in [2.24, 2.45) is 0 Å². The maximum absolute atomic E-state index is 14.2. The van der Waals surface area contributed by atoms with E-state index in [0.29, 0.717) is 48.0 Å². The highest BCUT2D eigenvalue weighted by atomic mass is 19.1. The number of aromatic nitrogens is 3. The molecule has 0 saturated heterocycles. The summed E-state index contributed by atoms with van der Waals surface area (Å²) in [6.45, 7) is 1.00. The van der Waals surface area contributed by atoms with E-state index < -0.39 is 11.8 Å². The summed E-state index contributed by atoms with van der Waals surface area (Å²) in [6, 6.07) is 22.5. The molecule has 5 rings (SSSR count). The summed E-state index contributed by atoms with van der Waals surface area (Å²) in [7, 11) is 2.99. The van der Waals surface area contributed by atoms with Gasteiger partial charge in [0, 0.05) is 43.0 Å². The van der Waals surface area contributed by atoms with Crippen LogP contribution in [0.1, 0.15) is 32.9 Å². The molecule has 0 spiro atoms. The number of methoxy groups -OCH3 is 2. The second kappa shape index (κ2) is 12.5. The minimum absolute atomic E-state index is 0.0341. The molecule has 2 N–H and O–H groups in total. The average molecular weight is 566 g/mol. The van der Waals surface area contributed by atoms with E-state index in [4.69, 9.17) is 30.2 Å². The van der Waals surface area contributed by atoms with E-state index in [1.165, 1.54) is 19.2 Å². The Kier molecular flexibility index (Phi) is 8.41. The first kappa shape index (κ1) is 28.3. The maximum Gasteiger partial charge on any atom is 0.337 e. The first-order valence-corrected chi connectivity index (χ1v) is 13.1. The molecule has 0 unspecified atom stereocenters. The van der Waals surface area contributed by atoms with Gasteiger partial charge in [-0.05, 0) is 48.0 Å². The van der Waals surface area contributed by atoms with Crippen molar-refractivity contribution in [3.05, 3.63) is 107 Å². The molecule has 0 aliphatic heterocycles. The van der Waals surface area contributed by atoms with E-state index in [2.05, 4.69) is 4.98 Å². The lowest BCUT2D eigenvalue weighted by atomic mass is 10.0. The predicted molar refractivity (Wildman–Crippen MR) is 155 cm³/mol. The maximum atomic E-state index is 14.2. The lowest BCUT2D eigenvalue weighted by Crippen LogP contribution is -2.09. The number of pyridine rings is 1. The summed E-state index contributed by atoms with van der Waals surface area (Å²) in [5.41, 5.74) is 11.9. The van der Waals surface area contributed by atoms with Crippen LogP contribution in [0.5, 0.6) is 5.88 Å². The summed E-state index contributed by atoms with van der Waals surface area (Å²) in [5, 5.41) is 8.93. The lowest BCUT2D eigenvalue weighted by Gasteiger charge is -2.12. The molecule has 0 amide bonds. The number of fused-ring (bicyclic) bond motifs is 1. The Balaban J connectivity index is 1.37. The minimum Gasteiger partial charge on any atom is -0.473 e. The zero-order valence-electron chi connectivity index (χ0n) is 23.1. The van der Waals surface area contributed by atoms with E-state index in [0.717, 1.165) is 28.0 Å². The molecule has 0 aliphatic carbocycles. The van der Waals surface area contributed by atoms with Gasteiger partial charge >= 0.3 is 5.97 Å². The van der Waals surface area contributed by atoms with Gasteiger partial charge in [0.1, 0.15) is 18.2 Å². The van der Waals surface area contributed by atoms with Crippen LogP contribution < -0.4 is 10.5 Å². The highest BCUT2D eigenvalue weighted by Gasteiger charge is 2.16. The van der Waals surface area contributed by atoms with E-state index in [9.17, 15) is 9.18 Å². The third-order valence-electron chi connectivity index (χ3n) is 6.80. The molecule has 0 atom stereocenters. The number of nitriles is 1. The number of hydrogen-bond acceptors (Lipinski definition) is 8. The summed E-state index contributed by atoms with van der Waals surface area (Å²) < 4.78 is 32.2. The molecular formula is C32H28FN5O4. The first-order valence-electron chi connectivity index (χ1n) is 13.1. The quantitative estimate of drug-likeness (QED) is 0.179. The molecule has 0 fully saturated rings. The van der Waals surface area contributed by atoms with Gasteiger partial charge in [0.2, 0.25) is 5.88 Å². The third-order valence-corrected chi connectivity index (χ3v) is 6.80. The van der Waals surface area contributed by atoms with Gasteiger partial charge in [0.05, 0.1) is 47.6 Å². The van der Waals surface area contributed by atoms with E-state index in [1.54, 1.807) is 37.4 Å². The van der Waals surface area contributed by atoms with Gasteiger partial charge in [0.15, 0.2) is 0 Å². The number of anilines is 1. The van der Waals surface area contributed by atoms with Crippen LogP contribution in [-0.2, 0) is 29.0 Å². The molecule has 2 aromatic heterocycles. The Labute approximate surface area is 241 Å². The topological polar surface area (TPSA) is 125 Å². The van der Waals surface area contributed by atoms with Crippen molar-refractivity contribution < 1.29 is 23.4 Å². The molecule has 5 aromatic rings. The van der Waals surface area contributed by atoms with Crippen LogP contribution >= 0.6 is 0 Å². The zero-order chi connectivity index (χ0) is 29.6. The van der Waals surface area contributed by atoms with Crippen LogP contribution in [0.2, 0.25) is 0 Å². The second-order valence-electron chi connectivity index (χ2n) is 9.53. The monoisotopic (exact) mass is 565 g/mol. The number of nitrogens with two attached hydrogens (primary N) is 1. The highest BCUT2D eigenvalue weighted by Crippen LogP contribution is 2.29. The Morgan fingerprint density at radius 3 is 2.64 bits per heavy atom. The average Bonchev–Trinajstić information content (AvgIpc) is 3.34. The molecule has 0 aliphatic rings. The number of hydrogen-bond donors (Lipinski definition) is 1. The van der Waals surface area contributed by atoms with Crippen LogP contribution in [0, 0.1) is 17.1 Å². The van der Waals surface area contributed by atoms with Gasteiger partial charge in [-0.3, -0.25) is 0 Å². The molecule has 10 heteroatoms. The van der Waals surface area contributed by atoms with E-state index in [-0.39, 0.29) is 12.2 Å². The number of carbonyl (C=O) groups is 1. The summed E-state index contributed by atoms with van der Waals surface area (Å²) >= 11 is 0. The van der Waals surface area contributed by atoms with Crippen LogP contribution in [0.4, 0.5) is 10.1 Å². The van der Waals surface area contributed by atoms with Gasteiger partial charge in [-0.25, -0.2) is 19.2 Å². The standard InChI is InChI=1S/C32H28FN5O4/c1-40-13-12-38-29-17-22(32(39)41-2)9-11-28(29)36-30(38)16-20-7-10-24(26(35)15-20)27-4-3-5-31(37-27)42-19-23-8-6-21(18-34)14-25(23)33/h3-11,14-15,17H,12-13,16,19,35H2,1-2H3. The van der Waals surface area contributed by atoms with Crippen LogP contribution in [0.25, 0.3) is 22.3 Å². The first-order chi connectivity index (χ1) is 20.4. The van der Waals surface area contributed by atoms with Crippen molar-refractivity contribution in [3.8, 4) is 23.2 Å². The lowest BCUT2D eigenvalue weighted by molar-refractivity contribution is 0.0601. The Bertz CT molecular complexity index is 1810. The molecule has 0 radical (unpaired) electrons. The Hall–Kier alpha value is -5.27. The van der Waals surface area contributed by atoms with E-state index >= 15 is 0 Å². The molecule has 0 saturated carbocycles. The Morgan fingerprint density at radius 1 is 1.05 bits per heavy atom. The second-order valence-corrected chi connectivity index (χ2v) is 9.53. The summed E-state index contributed by atoms with van der Waals surface area (Å²) in [6.07, 6.45) is 0.503. The highest BCUT2D eigenvalue weighted by molar-refractivity contribution is 5.93. The number of halogens is 1. The number of nitrogen functional groups attached to an aromatic ring is 1. The molecule has 212 valence electrons. The smallest absolute Gasteiger partial charge is 0.337 e. The molecular weight excluding hydrogens is 537 g/mol. The fourth-order valence-electron chi connectivity index (χ4n) is 4.65. The third kappa shape index (κ3) is 6.06. The number of rotatable bonds is 10. The van der Waals surface area contributed by atoms with Gasteiger partial charge in [-0.1, -0.05) is 24.3 Å². The fraction of sp³-hybridized carbons (Fsp3) is 0.188. The SMILES string of the molecule is COCCn1c(Cc2ccc(-c3cccc(OCc4ccc(C#N)cc4F)n3)c(N)c2)nc2ccc(C(=O)OC)cc21. The normalized spacial score (nSPS) is 10.9. The number of imidazole rings is 1. The van der Waals surface area contributed by atoms with Crippen molar-refractivity contribution >= 4 is 22.7 Å². The van der Waals surface area contributed by atoms with Crippen LogP contribution in [-0.4, -0.2) is 41.3 Å². The van der Waals surface area contributed by atoms with Crippen molar-refractivity contribution in [2.75, 3.05) is 26.6 Å². The molecule has 0 bridgehead atoms. The van der Waals surface area contributed by atoms with Gasteiger partial charge in [-0.15, -0.1) is 0 Å². The number of ether oxygens (including phenoxy) is 3. The molecule has 2 heterocycles. The Morgan fingerprint density at radius 2 is 1.90 bits per heavy atom. The van der Waals surface area contributed by atoms with Gasteiger partial charge in [0.25, 0.3) is 0 Å². The molecule has 3 aromatic carbocycles.